The second kappa shape index (κ2) is 7.55. The number of hydrogen-bond acceptors (Lipinski definition) is 7. The normalized spacial score (nSPS) is 23.3. The SMILES string of the molecule is CC(C)(C)OC(=O)N[C@H](c1ccco1)[C@@H]1OC(C)(C)O[C@H]1COC(N)=O. The van der Waals surface area contributed by atoms with Crippen LogP contribution in [0.1, 0.15) is 46.4 Å². The van der Waals surface area contributed by atoms with Crippen molar-refractivity contribution in [2.45, 2.75) is 64.3 Å². The molecule has 0 bridgehead atoms. The monoisotopic (exact) mass is 370 g/mol. The molecule has 0 radical (unpaired) electrons. The Kier molecular flexibility index (Phi) is 5.82. The van der Waals surface area contributed by atoms with E-state index >= 15 is 0 Å². The van der Waals surface area contributed by atoms with E-state index in [1.807, 2.05) is 0 Å². The maximum absolute atomic E-state index is 12.3. The van der Waals surface area contributed by atoms with Gasteiger partial charge in [0.2, 0.25) is 0 Å². The van der Waals surface area contributed by atoms with Crippen LogP contribution in [0.15, 0.2) is 22.8 Å². The Morgan fingerprint density at radius 3 is 2.58 bits per heavy atom. The zero-order chi connectivity index (χ0) is 19.5. The van der Waals surface area contributed by atoms with Gasteiger partial charge in [-0.25, -0.2) is 9.59 Å². The first-order valence-electron chi connectivity index (χ1n) is 8.28. The van der Waals surface area contributed by atoms with E-state index in [9.17, 15) is 9.59 Å². The van der Waals surface area contributed by atoms with Gasteiger partial charge in [0, 0.05) is 0 Å². The fraction of sp³-hybridized carbons (Fsp3) is 0.647. The van der Waals surface area contributed by atoms with E-state index in [0.717, 1.165) is 0 Å². The summed E-state index contributed by atoms with van der Waals surface area (Å²) in [6.07, 6.45) is -1.44. The van der Waals surface area contributed by atoms with Crippen molar-refractivity contribution in [1.82, 2.24) is 5.32 Å². The summed E-state index contributed by atoms with van der Waals surface area (Å²) >= 11 is 0. The summed E-state index contributed by atoms with van der Waals surface area (Å²) < 4.78 is 27.3. The maximum Gasteiger partial charge on any atom is 0.408 e. The van der Waals surface area contributed by atoms with Gasteiger partial charge in [0.15, 0.2) is 5.79 Å². The van der Waals surface area contributed by atoms with Crippen LogP contribution in [0.5, 0.6) is 0 Å². The van der Waals surface area contributed by atoms with E-state index in [4.69, 9.17) is 29.1 Å². The minimum atomic E-state index is -0.948. The van der Waals surface area contributed by atoms with Gasteiger partial charge in [-0.2, -0.15) is 0 Å². The second-order valence-electron chi connectivity index (χ2n) is 7.41. The molecule has 1 fully saturated rings. The molecule has 3 atom stereocenters. The quantitative estimate of drug-likeness (QED) is 0.816. The zero-order valence-corrected chi connectivity index (χ0v) is 15.6. The van der Waals surface area contributed by atoms with Crippen LogP contribution in [0.3, 0.4) is 0 Å². The molecule has 0 spiro atoms. The summed E-state index contributed by atoms with van der Waals surface area (Å²) in [7, 11) is 0. The lowest BCUT2D eigenvalue weighted by atomic mass is 10.0. The molecule has 0 unspecified atom stereocenters. The van der Waals surface area contributed by atoms with Crippen molar-refractivity contribution in [3.63, 3.8) is 0 Å². The van der Waals surface area contributed by atoms with Crippen LogP contribution < -0.4 is 11.1 Å². The number of rotatable bonds is 5. The fourth-order valence-corrected chi connectivity index (χ4v) is 2.66. The van der Waals surface area contributed by atoms with Gasteiger partial charge < -0.3 is 34.4 Å². The average molecular weight is 370 g/mol. The molecule has 2 heterocycles. The van der Waals surface area contributed by atoms with Crippen molar-refractivity contribution in [1.29, 1.82) is 0 Å². The molecule has 146 valence electrons. The number of hydrogen-bond donors (Lipinski definition) is 2. The number of nitrogens with two attached hydrogens (primary N) is 1. The summed E-state index contributed by atoms with van der Waals surface area (Å²) in [5.41, 5.74) is 4.37. The molecule has 1 aliphatic heterocycles. The highest BCUT2D eigenvalue weighted by atomic mass is 16.8. The Balaban J connectivity index is 2.22. The Morgan fingerprint density at radius 2 is 2.04 bits per heavy atom. The van der Waals surface area contributed by atoms with Gasteiger partial charge >= 0.3 is 12.2 Å². The molecule has 2 rings (SSSR count). The Labute approximate surface area is 152 Å². The minimum Gasteiger partial charge on any atom is -0.467 e. The third-order valence-electron chi connectivity index (χ3n) is 3.46. The highest BCUT2D eigenvalue weighted by Crippen LogP contribution is 2.36. The molecule has 1 aliphatic rings. The van der Waals surface area contributed by atoms with E-state index < -0.39 is 41.8 Å². The summed E-state index contributed by atoms with van der Waals surface area (Å²) in [5, 5.41) is 2.74. The average Bonchev–Trinajstić information content (AvgIpc) is 3.08. The summed E-state index contributed by atoms with van der Waals surface area (Å²) in [4.78, 5) is 23.2. The van der Waals surface area contributed by atoms with E-state index in [1.165, 1.54) is 6.26 Å². The molecule has 2 amide bonds. The van der Waals surface area contributed by atoms with E-state index in [-0.39, 0.29) is 6.61 Å². The van der Waals surface area contributed by atoms with Crippen LogP contribution in [-0.4, -0.2) is 42.4 Å². The van der Waals surface area contributed by atoms with Crippen molar-refractivity contribution in [2.24, 2.45) is 5.73 Å². The molecule has 0 aromatic carbocycles. The van der Waals surface area contributed by atoms with E-state index in [1.54, 1.807) is 46.8 Å². The van der Waals surface area contributed by atoms with Gasteiger partial charge in [-0.3, -0.25) is 0 Å². The third-order valence-corrected chi connectivity index (χ3v) is 3.46. The number of furan rings is 1. The van der Waals surface area contributed by atoms with E-state index in [0.29, 0.717) is 5.76 Å². The maximum atomic E-state index is 12.3. The van der Waals surface area contributed by atoms with Crippen molar-refractivity contribution < 1.29 is 33.0 Å². The largest absolute Gasteiger partial charge is 0.467 e. The van der Waals surface area contributed by atoms with Crippen molar-refractivity contribution in [2.75, 3.05) is 6.61 Å². The van der Waals surface area contributed by atoms with Crippen molar-refractivity contribution in [3.8, 4) is 0 Å². The minimum absolute atomic E-state index is 0.128. The third kappa shape index (κ3) is 5.63. The van der Waals surface area contributed by atoms with Crippen molar-refractivity contribution >= 4 is 12.2 Å². The Hall–Kier alpha value is -2.26. The first kappa shape index (κ1) is 20.1. The van der Waals surface area contributed by atoms with Crippen molar-refractivity contribution in [3.05, 3.63) is 24.2 Å². The summed E-state index contributed by atoms with van der Waals surface area (Å²) in [6.45, 7) is 8.59. The van der Waals surface area contributed by atoms with Gasteiger partial charge in [0.05, 0.1) is 6.26 Å². The zero-order valence-electron chi connectivity index (χ0n) is 15.6. The molecule has 9 heteroatoms. The lowest BCUT2D eigenvalue weighted by molar-refractivity contribution is -0.151. The van der Waals surface area contributed by atoms with Crippen LogP contribution in [0.2, 0.25) is 0 Å². The first-order valence-corrected chi connectivity index (χ1v) is 8.28. The van der Waals surface area contributed by atoms with Crippen LogP contribution in [0.25, 0.3) is 0 Å². The molecular weight excluding hydrogens is 344 g/mol. The lowest BCUT2D eigenvalue weighted by Crippen LogP contribution is -2.44. The number of ether oxygens (including phenoxy) is 4. The number of carbonyl (C=O) groups excluding carboxylic acids is 2. The Morgan fingerprint density at radius 1 is 1.35 bits per heavy atom. The van der Waals surface area contributed by atoms with Gasteiger partial charge in [-0.1, -0.05) is 0 Å². The smallest absolute Gasteiger partial charge is 0.408 e. The highest BCUT2D eigenvalue weighted by molar-refractivity contribution is 5.68. The van der Waals surface area contributed by atoms with Crippen LogP contribution in [0, 0.1) is 0 Å². The summed E-state index contributed by atoms with van der Waals surface area (Å²) in [6, 6.07) is 2.67. The number of amides is 2. The molecule has 0 saturated carbocycles. The molecule has 1 aromatic heterocycles. The number of nitrogens with one attached hydrogen (secondary N) is 1. The van der Waals surface area contributed by atoms with Gasteiger partial charge in [0.1, 0.15) is 36.2 Å². The lowest BCUT2D eigenvalue weighted by Gasteiger charge is -2.27. The molecular formula is C17H26N2O7. The van der Waals surface area contributed by atoms with Crippen LogP contribution in [-0.2, 0) is 18.9 Å². The molecule has 1 saturated heterocycles. The standard InChI is InChI=1S/C17H26N2O7/c1-16(2,3)26-15(21)19-12(10-7-6-8-22-10)13-11(9-23-14(18)20)24-17(4,5)25-13/h6-8,11-13H,9H2,1-5H3,(H2,18,20)(H,19,21)/t11-,12+,13+/m0/s1. The predicted molar refractivity (Wildman–Crippen MR) is 90.2 cm³/mol. The molecule has 3 N–H and O–H groups in total. The van der Waals surface area contributed by atoms with Gasteiger partial charge in [-0.05, 0) is 46.8 Å². The molecule has 26 heavy (non-hydrogen) atoms. The Bertz CT molecular complexity index is 622. The topological polar surface area (TPSA) is 122 Å². The molecule has 0 aliphatic carbocycles. The molecule has 1 aromatic rings. The van der Waals surface area contributed by atoms with E-state index in [2.05, 4.69) is 5.32 Å². The fourth-order valence-electron chi connectivity index (χ4n) is 2.66. The summed E-state index contributed by atoms with van der Waals surface area (Å²) in [5.74, 6) is -0.497. The molecule has 9 nitrogen and oxygen atoms in total. The predicted octanol–water partition coefficient (Wildman–Crippen LogP) is 2.46. The second-order valence-corrected chi connectivity index (χ2v) is 7.41. The highest BCUT2D eigenvalue weighted by Gasteiger charge is 2.47. The first-order chi connectivity index (χ1) is 12.0. The number of carbonyl (C=O) groups is 2. The van der Waals surface area contributed by atoms with Gasteiger partial charge in [0.25, 0.3) is 0 Å². The van der Waals surface area contributed by atoms with Crippen LogP contribution in [0.4, 0.5) is 9.59 Å². The van der Waals surface area contributed by atoms with Crippen LogP contribution >= 0.6 is 0 Å². The number of primary amides is 1. The van der Waals surface area contributed by atoms with Gasteiger partial charge in [-0.15, -0.1) is 0 Å². The number of alkyl carbamates (subject to hydrolysis) is 1.